The van der Waals surface area contributed by atoms with Crippen molar-refractivity contribution >= 4 is 46.7 Å². The molecule has 5 atom stereocenters. The number of carbonyl (C=O) groups is 4. The number of ketones is 2. The molecule has 0 saturated heterocycles. The van der Waals surface area contributed by atoms with Crippen molar-refractivity contribution in [1.82, 2.24) is 0 Å². The van der Waals surface area contributed by atoms with Gasteiger partial charge in [0.15, 0.2) is 29.1 Å². The van der Waals surface area contributed by atoms with Crippen LogP contribution in [0.15, 0.2) is 35.1 Å². The number of Topliss-reactive ketones (excluding diaryl/α,β-unsaturated/α-hetero) is 1. The number of aliphatic hydroxyl groups is 3. The summed E-state index contributed by atoms with van der Waals surface area (Å²) in [7, 11) is 3.23. The molecule has 3 N–H and O–H groups in total. The number of carbonyl (C=O) groups excluding carboxylic acids is 4. The molecular formula is C25H22Cl2O12. The highest BCUT2D eigenvalue weighted by atomic mass is 35.5. The Labute approximate surface area is 230 Å². The number of allylic oxidation sites excluding steroid dienone is 2. The SMILES string of the molecule is COC(=O)C1=C[C@H](O)[C@H](O)[C@@H](O)[C@H]1Oc1c(Cl)c(C)c(Cl)c2c1C(=O)[C@@]1(O2)C(OC)=CC(=O)C=C1C(=O)OC. The number of hydrogen-bond donors (Lipinski definition) is 3. The molecule has 0 radical (unpaired) electrons. The van der Waals surface area contributed by atoms with E-state index >= 15 is 0 Å². The largest absolute Gasteiger partial charge is 0.496 e. The van der Waals surface area contributed by atoms with E-state index in [1.165, 1.54) is 6.92 Å². The van der Waals surface area contributed by atoms with Crippen LogP contribution >= 0.6 is 23.2 Å². The predicted molar refractivity (Wildman–Crippen MR) is 132 cm³/mol. The number of ether oxygens (including phenoxy) is 5. The average Bonchev–Trinajstić information content (AvgIpc) is 3.22. The highest BCUT2D eigenvalue weighted by Crippen LogP contribution is 2.55. The van der Waals surface area contributed by atoms with E-state index in [4.69, 9.17) is 46.9 Å². The minimum absolute atomic E-state index is 0.143. The van der Waals surface area contributed by atoms with Gasteiger partial charge in [0.1, 0.15) is 29.4 Å². The molecular weight excluding hydrogens is 563 g/mol. The normalized spacial score (nSPS) is 27.7. The van der Waals surface area contributed by atoms with Crippen LogP contribution in [0.1, 0.15) is 15.9 Å². The van der Waals surface area contributed by atoms with Crippen LogP contribution in [0.25, 0.3) is 0 Å². The van der Waals surface area contributed by atoms with E-state index in [1.54, 1.807) is 0 Å². The van der Waals surface area contributed by atoms with Crippen LogP contribution < -0.4 is 9.47 Å². The van der Waals surface area contributed by atoms with Gasteiger partial charge in [0.2, 0.25) is 5.78 Å². The van der Waals surface area contributed by atoms with Crippen LogP contribution in [0.2, 0.25) is 10.0 Å². The summed E-state index contributed by atoms with van der Waals surface area (Å²) in [5.74, 6) is -4.87. The van der Waals surface area contributed by atoms with Gasteiger partial charge in [-0.25, -0.2) is 9.59 Å². The Balaban J connectivity index is 1.95. The molecule has 4 rings (SSSR count). The molecule has 0 bridgehead atoms. The lowest BCUT2D eigenvalue weighted by atomic mass is 9.81. The van der Waals surface area contributed by atoms with E-state index < -0.39 is 70.4 Å². The Bertz CT molecular complexity index is 1390. The van der Waals surface area contributed by atoms with Gasteiger partial charge in [-0.2, -0.15) is 0 Å². The number of fused-ring (bicyclic) bond motifs is 1. The third kappa shape index (κ3) is 4.19. The monoisotopic (exact) mass is 584 g/mol. The summed E-state index contributed by atoms with van der Waals surface area (Å²) < 4.78 is 26.7. The summed E-state index contributed by atoms with van der Waals surface area (Å²) in [5.41, 5.74) is -3.53. The van der Waals surface area contributed by atoms with Crippen molar-refractivity contribution in [1.29, 1.82) is 0 Å². The second kappa shape index (κ2) is 10.3. The van der Waals surface area contributed by atoms with Crippen LogP contribution in [0.4, 0.5) is 0 Å². The predicted octanol–water partition coefficient (Wildman–Crippen LogP) is 0.771. The summed E-state index contributed by atoms with van der Waals surface area (Å²) in [5, 5.41) is 30.6. The Morgan fingerprint density at radius 2 is 1.62 bits per heavy atom. The molecule has 0 unspecified atom stereocenters. The number of benzene rings is 1. The summed E-state index contributed by atoms with van der Waals surface area (Å²) in [4.78, 5) is 51.6. The quantitative estimate of drug-likeness (QED) is 0.415. The van der Waals surface area contributed by atoms with Crippen molar-refractivity contribution in [3.63, 3.8) is 0 Å². The van der Waals surface area contributed by atoms with Gasteiger partial charge in [-0.05, 0) is 18.6 Å². The van der Waals surface area contributed by atoms with Crippen LogP contribution in [0.3, 0.4) is 0 Å². The summed E-state index contributed by atoms with van der Waals surface area (Å²) >= 11 is 13.0. The van der Waals surface area contributed by atoms with Gasteiger partial charge in [0, 0.05) is 12.2 Å². The Morgan fingerprint density at radius 3 is 2.21 bits per heavy atom. The zero-order valence-corrected chi connectivity index (χ0v) is 22.3. The first-order valence-corrected chi connectivity index (χ1v) is 12.0. The number of methoxy groups -OCH3 is 3. The fourth-order valence-corrected chi connectivity index (χ4v) is 5.07. The minimum atomic E-state index is -2.36. The maximum atomic E-state index is 14.2. The second-order valence-electron chi connectivity index (χ2n) is 8.69. The molecule has 39 heavy (non-hydrogen) atoms. The smallest absolute Gasteiger partial charge is 0.338 e. The van der Waals surface area contributed by atoms with E-state index in [2.05, 4.69) is 0 Å². The van der Waals surface area contributed by atoms with Crippen molar-refractivity contribution in [3.05, 3.63) is 56.3 Å². The molecule has 14 heteroatoms. The van der Waals surface area contributed by atoms with Crippen molar-refractivity contribution in [2.75, 3.05) is 21.3 Å². The van der Waals surface area contributed by atoms with Crippen LogP contribution in [0, 0.1) is 6.92 Å². The topological polar surface area (TPSA) is 175 Å². The number of rotatable bonds is 5. The molecule has 12 nitrogen and oxygen atoms in total. The highest BCUT2D eigenvalue weighted by molar-refractivity contribution is 6.40. The average molecular weight is 585 g/mol. The van der Waals surface area contributed by atoms with Crippen molar-refractivity contribution in [3.8, 4) is 11.5 Å². The first kappa shape index (κ1) is 28.6. The molecule has 208 valence electrons. The molecule has 3 aliphatic rings. The van der Waals surface area contributed by atoms with E-state index in [0.29, 0.717) is 0 Å². The maximum Gasteiger partial charge on any atom is 0.338 e. The summed E-state index contributed by atoms with van der Waals surface area (Å²) in [6, 6.07) is 0. The molecule has 1 aromatic carbocycles. The number of hydrogen-bond acceptors (Lipinski definition) is 12. The third-order valence-electron chi connectivity index (χ3n) is 6.56. The number of halogens is 2. The molecule has 0 aromatic heterocycles. The van der Waals surface area contributed by atoms with Crippen LogP contribution in [0.5, 0.6) is 11.5 Å². The van der Waals surface area contributed by atoms with Crippen LogP contribution in [-0.2, 0) is 28.6 Å². The fraction of sp³-hybridized carbons (Fsp3) is 0.360. The van der Waals surface area contributed by atoms with E-state index in [0.717, 1.165) is 39.6 Å². The molecule has 0 amide bonds. The van der Waals surface area contributed by atoms with Gasteiger partial charge in [0.05, 0.1) is 36.9 Å². The molecule has 1 heterocycles. The molecule has 2 aliphatic carbocycles. The second-order valence-corrected chi connectivity index (χ2v) is 9.44. The lowest BCUT2D eigenvalue weighted by Crippen LogP contribution is -2.52. The Hall–Kier alpha value is -3.42. The standard InChI is InChI=1S/C25H22Cl2O12/c1-8-15(26)20(38-19-10(23(33)36-3)7-12(29)17(30)18(19)31)14-21(16(8)27)39-25(22(14)32)11(24(34)37-4)5-9(28)6-13(25)35-2/h5-7,12,17-19,29-31H,1-4H3/t12-,17-,18+,19-,25-/m0/s1. The Morgan fingerprint density at radius 1 is 0.974 bits per heavy atom. The highest BCUT2D eigenvalue weighted by Gasteiger charge is 2.61. The molecule has 0 saturated carbocycles. The van der Waals surface area contributed by atoms with Crippen LogP contribution in [-0.4, -0.2) is 90.2 Å². The first-order valence-electron chi connectivity index (χ1n) is 11.2. The fourth-order valence-electron chi connectivity index (χ4n) is 4.56. The van der Waals surface area contributed by atoms with E-state index in [1.807, 2.05) is 0 Å². The zero-order chi connectivity index (χ0) is 29.0. The summed E-state index contributed by atoms with van der Waals surface area (Å²) in [6.45, 7) is 1.46. The zero-order valence-electron chi connectivity index (χ0n) is 20.8. The van der Waals surface area contributed by atoms with E-state index in [9.17, 15) is 34.5 Å². The summed E-state index contributed by atoms with van der Waals surface area (Å²) in [6.07, 6.45) is -4.28. The van der Waals surface area contributed by atoms with Gasteiger partial charge in [-0.1, -0.05) is 23.2 Å². The maximum absolute atomic E-state index is 14.2. The van der Waals surface area contributed by atoms with Gasteiger partial charge in [-0.15, -0.1) is 0 Å². The van der Waals surface area contributed by atoms with E-state index in [-0.39, 0.29) is 32.7 Å². The van der Waals surface area contributed by atoms with Gasteiger partial charge >= 0.3 is 11.9 Å². The molecule has 0 fully saturated rings. The lowest BCUT2D eigenvalue weighted by Gasteiger charge is -2.34. The van der Waals surface area contributed by atoms with Crippen molar-refractivity contribution in [2.45, 2.75) is 36.9 Å². The van der Waals surface area contributed by atoms with Crippen molar-refractivity contribution < 1.29 is 58.2 Å². The molecule has 1 aromatic rings. The first-order chi connectivity index (χ1) is 18.3. The molecule has 1 spiro atoms. The van der Waals surface area contributed by atoms with Gasteiger partial charge in [-0.3, -0.25) is 9.59 Å². The van der Waals surface area contributed by atoms with Gasteiger partial charge < -0.3 is 39.0 Å². The Kier molecular flexibility index (Phi) is 7.54. The third-order valence-corrected chi connectivity index (χ3v) is 7.47. The van der Waals surface area contributed by atoms with Gasteiger partial charge in [0.25, 0.3) is 5.60 Å². The minimum Gasteiger partial charge on any atom is -0.496 e. The lowest BCUT2D eigenvalue weighted by molar-refractivity contribution is -0.141. The van der Waals surface area contributed by atoms with Crippen molar-refractivity contribution in [2.24, 2.45) is 0 Å². The number of esters is 2. The molecule has 1 aliphatic heterocycles. The number of aliphatic hydroxyl groups excluding tert-OH is 3.